The van der Waals surface area contributed by atoms with E-state index in [-0.39, 0.29) is 29.1 Å². The molecule has 3 aromatic heterocycles. The molecule has 2 saturated carbocycles. The molecule has 2 aliphatic carbocycles. The summed E-state index contributed by atoms with van der Waals surface area (Å²) in [5, 5.41) is 10.6. The highest BCUT2D eigenvalue weighted by Gasteiger charge is 2.40. The maximum Gasteiger partial charge on any atom is 0.419 e. The maximum absolute atomic E-state index is 13.7. The van der Waals surface area contributed by atoms with E-state index < -0.39 is 24.8 Å². The van der Waals surface area contributed by atoms with Crippen LogP contribution >= 0.6 is 0 Å². The molecular weight excluding hydrogens is 554 g/mol. The Morgan fingerprint density at radius 3 is 2.58 bits per heavy atom. The summed E-state index contributed by atoms with van der Waals surface area (Å²) in [7, 11) is 0. The van der Waals surface area contributed by atoms with Crippen LogP contribution in [0, 0.1) is 13.8 Å². The van der Waals surface area contributed by atoms with E-state index in [0.29, 0.717) is 41.0 Å². The highest BCUT2D eigenvalue weighted by Crippen LogP contribution is 2.32. The summed E-state index contributed by atoms with van der Waals surface area (Å²) in [6, 6.07) is 8.41. The van der Waals surface area contributed by atoms with Crippen molar-refractivity contribution in [1.82, 2.24) is 29.8 Å². The number of ether oxygens (including phenoxy) is 2. The molecular formula is C30H29N7O6. The van der Waals surface area contributed by atoms with Gasteiger partial charge in [-0.3, -0.25) is 14.6 Å². The molecule has 3 heterocycles. The molecule has 3 amide bonds. The number of rotatable bonds is 9. The van der Waals surface area contributed by atoms with Crippen LogP contribution in [0.1, 0.15) is 67.9 Å². The highest BCUT2D eigenvalue weighted by atomic mass is 16.7. The summed E-state index contributed by atoms with van der Waals surface area (Å²) >= 11 is 0. The Kier molecular flexibility index (Phi) is 7.45. The quantitative estimate of drug-likeness (QED) is 0.218. The van der Waals surface area contributed by atoms with Gasteiger partial charge in [0.25, 0.3) is 11.8 Å². The van der Waals surface area contributed by atoms with Crippen LogP contribution in [-0.4, -0.2) is 67.2 Å². The minimum absolute atomic E-state index is 0.135. The van der Waals surface area contributed by atoms with Crippen LogP contribution in [0.3, 0.4) is 0 Å². The minimum atomic E-state index is -0.914. The lowest BCUT2D eigenvalue weighted by molar-refractivity contribution is -0.0111. The van der Waals surface area contributed by atoms with E-state index in [2.05, 4.69) is 25.7 Å². The van der Waals surface area contributed by atoms with Crippen molar-refractivity contribution in [2.75, 3.05) is 12.1 Å². The number of aryl methyl sites for hydroxylation is 2. The lowest BCUT2D eigenvalue weighted by Crippen LogP contribution is -2.39. The Morgan fingerprint density at radius 1 is 1.05 bits per heavy atom. The first kappa shape index (κ1) is 27.8. The number of pyridine rings is 1. The van der Waals surface area contributed by atoms with Crippen LogP contribution in [0.4, 0.5) is 16.3 Å². The Hall–Kier alpha value is -5.33. The molecule has 13 nitrogen and oxygen atoms in total. The summed E-state index contributed by atoms with van der Waals surface area (Å²) in [5.41, 5.74) is 3.64. The fourth-order valence-corrected chi connectivity index (χ4v) is 4.62. The van der Waals surface area contributed by atoms with E-state index >= 15 is 0 Å². The number of benzene rings is 1. The van der Waals surface area contributed by atoms with Gasteiger partial charge in [-0.2, -0.15) is 5.10 Å². The zero-order valence-corrected chi connectivity index (χ0v) is 23.6. The largest absolute Gasteiger partial charge is 0.424 e. The second-order valence-corrected chi connectivity index (χ2v) is 10.6. The zero-order valence-electron chi connectivity index (χ0n) is 23.6. The van der Waals surface area contributed by atoms with Crippen LogP contribution in [0.25, 0.3) is 5.52 Å². The summed E-state index contributed by atoms with van der Waals surface area (Å²) < 4.78 is 11.7. The van der Waals surface area contributed by atoms with Gasteiger partial charge in [0, 0.05) is 41.9 Å². The van der Waals surface area contributed by atoms with Crippen LogP contribution in [0.2, 0.25) is 0 Å². The second kappa shape index (κ2) is 11.5. The number of amides is 3. The number of carbonyl (C=O) groups is 4. The number of hydrogen-bond acceptors (Lipinski definition) is 10. The second-order valence-electron chi connectivity index (χ2n) is 10.6. The van der Waals surface area contributed by atoms with Crippen LogP contribution in [0.5, 0.6) is 0 Å². The number of fused-ring (bicyclic) bond motifs is 1. The van der Waals surface area contributed by atoms with Crippen molar-refractivity contribution in [3.8, 4) is 0 Å². The summed E-state index contributed by atoms with van der Waals surface area (Å²) in [6.45, 7) is 3.00. The van der Waals surface area contributed by atoms with Crippen molar-refractivity contribution >= 4 is 40.9 Å². The number of esters is 1. The number of imide groups is 1. The maximum atomic E-state index is 13.7. The number of carbonyl (C=O) groups excluding carboxylic acids is 4. The monoisotopic (exact) mass is 583 g/mol. The van der Waals surface area contributed by atoms with Crippen molar-refractivity contribution in [3.05, 3.63) is 83.1 Å². The third kappa shape index (κ3) is 6.01. The third-order valence-corrected chi connectivity index (χ3v) is 7.32. The Labute approximate surface area is 246 Å². The summed E-state index contributed by atoms with van der Waals surface area (Å²) in [6.07, 6.45) is 8.09. The predicted molar refractivity (Wildman–Crippen MR) is 153 cm³/mol. The lowest BCUT2D eigenvalue weighted by atomic mass is 10.1. The molecule has 0 spiro atoms. The van der Waals surface area contributed by atoms with E-state index in [1.54, 1.807) is 25.1 Å². The molecule has 1 aromatic carbocycles. The Balaban J connectivity index is 1.20. The van der Waals surface area contributed by atoms with Crippen molar-refractivity contribution in [3.63, 3.8) is 0 Å². The van der Waals surface area contributed by atoms with Gasteiger partial charge >= 0.3 is 12.1 Å². The molecule has 4 aromatic rings. The van der Waals surface area contributed by atoms with E-state index in [4.69, 9.17) is 9.47 Å². The first-order valence-electron chi connectivity index (χ1n) is 13.9. The van der Waals surface area contributed by atoms with Gasteiger partial charge in [0.15, 0.2) is 5.82 Å². The molecule has 13 heteroatoms. The van der Waals surface area contributed by atoms with Crippen molar-refractivity contribution < 1.29 is 28.7 Å². The van der Waals surface area contributed by atoms with Crippen LogP contribution in [0.15, 0.2) is 55.2 Å². The van der Waals surface area contributed by atoms with Gasteiger partial charge in [-0.15, -0.1) is 0 Å². The number of nitrogens with one attached hydrogen (secondary N) is 2. The first-order valence-corrected chi connectivity index (χ1v) is 13.9. The molecule has 6 rings (SSSR count). The minimum Gasteiger partial charge on any atom is -0.424 e. The predicted octanol–water partition coefficient (Wildman–Crippen LogP) is 3.93. The lowest BCUT2D eigenvalue weighted by Gasteiger charge is -2.19. The van der Waals surface area contributed by atoms with E-state index in [1.165, 1.54) is 35.5 Å². The third-order valence-electron chi connectivity index (χ3n) is 7.32. The van der Waals surface area contributed by atoms with Crippen molar-refractivity contribution in [2.45, 2.75) is 51.6 Å². The number of anilines is 2. The van der Waals surface area contributed by atoms with Gasteiger partial charge in [-0.05, 0) is 74.9 Å². The molecule has 43 heavy (non-hydrogen) atoms. The fraction of sp³-hybridized carbons (Fsp3) is 0.300. The van der Waals surface area contributed by atoms with Gasteiger partial charge in [0.2, 0.25) is 6.79 Å². The van der Waals surface area contributed by atoms with Gasteiger partial charge in [0.1, 0.15) is 11.8 Å². The first-order chi connectivity index (χ1) is 20.8. The molecule has 2 fully saturated rings. The average Bonchev–Trinajstić information content (AvgIpc) is 3.95. The standard InChI is InChI=1S/C30H29N7O6/c1-17-5-6-19(27(38)34-21-7-8-21)12-24(17)35-26-25-18(2)23(14-36(25)33-15-32-26)28(39)37(22-9-10-22)30(41)43-16-42-29(40)20-4-3-11-31-13-20/h3-6,11-15,21-22H,7-10,16H2,1-2H3,(H,34,38)(H,32,33,35). The molecule has 2 aliphatic rings. The van der Waals surface area contributed by atoms with Gasteiger partial charge in [0.05, 0.1) is 11.1 Å². The molecule has 0 saturated heterocycles. The molecule has 0 unspecified atom stereocenters. The topological polar surface area (TPSA) is 157 Å². The van der Waals surface area contributed by atoms with E-state index in [1.807, 2.05) is 13.0 Å². The van der Waals surface area contributed by atoms with E-state index in [9.17, 15) is 19.2 Å². The molecule has 0 bridgehead atoms. The van der Waals surface area contributed by atoms with E-state index in [0.717, 1.165) is 23.3 Å². The average molecular weight is 584 g/mol. The zero-order chi connectivity index (χ0) is 30.1. The van der Waals surface area contributed by atoms with Crippen LogP contribution < -0.4 is 10.6 Å². The molecule has 220 valence electrons. The van der Waals surface area contributed by atoms with Crippen LogP contribution in [-0.2, 0) is 9.47 Å². The fourth-order valence-electron chi connectivity index (χ4n) is 4.62. The molecule has 0 aliphatic heterocycles. The van der Waals surface area contributed by atoms with Gasteiger partial charge < -0.3 is 20.1 Å². The van der Waals surface area contributed by atoms with Gasteiger partial charge in [-0.25, -0.2) is 24.0 Å². The highest BCUT2D eigenvalue weighted by molar-refractivity contribution is 6.06. The van der Waals surface area contributed by atoms with Crippen molar-refractivity contribution in [1.29, 1.82) is 0 Å². The van der Waals surface area contributed by atoms with Gasteiger partial charge in [-0.1, -0.05) is 6.07 Å². The van der Waals surface area contributed by atoms with Crippen molar-refractivity contribution in [2.24, 2.45) is 0 Å². The molecule has 2 N–H and O–H groups in total. The molecule has 0 radical (unpaired) electrons. The molecule has 0 atom stereocenters. The Bertz CT molecular complexity index is 1730. The smallest absolute Gasteiger partial charge is 0.419 e. The normalized spacial score (nSPS) is 14.2. The Morgan fingerprint density at radius 2 is 1.86 bits per heavy atom. The number of nitrogens with zero attached hydrogens (tertiary/aromatic N) is 5. The number of aromatic nitrogens is 4. The SMILES string of the molecule is Cc1ccc(C(=O)NC2CC2)cc1Nc1ncnn2cc(C(=O)N(C(=O)OCOC(=O)c3cccnc3)C3CC3)c(C)c12. The number of hydrogen-bond donors (Lipinski definition) is 2. The summed E-state index contributed by atoms with van der Waals surface area (Å²) in [5.74, 6) is -0.973. The summed E-state index contributed by atoms with van der Waals surface area (Å²) in [4.78, 5) is 60.8.